The number of anilines is 2. The molecule has 3 heterocycles. The van der Waals surface area contributed by atoms with Crippen LogP contribution in [0.25, 0.3) is 22.3 Å². The van der Waals surface area contributed by atoms with Gasteiger partial charge in [-0.1, -0.05) is 54.6 Å². The summed E-state index contributed by atoms with van der Waals surface area (Å²) in [5.41, 5.74) is 2.35. The summed E-state index contributed by atoms with van der Waals surface area (Å²) in [5, 5.41) is 0.916. The molecule has 0 atom stereocenters. The third-order valence-electron chi connectivity index (χ3n) is 7.26. The Bertz CT molecular complexity index is 1580. The van der Waals surface area contributed by atoms with Crippen molar-refractivity contribution in [2.45, 2.75) is 13.0 Å². The van der Waals surface area contributed by atoms with Crippen LogP contribution in [0.5, 0.6) is 0 Å². The minimum atomic E-state index is -0.234. The van der Waals surface area contributed by atoms with Crippen LogP contribution in [0.4, 0.5) is 15.9 Å². The van der Waals surface area contributed by atoms with Crippen molar-refractivity contribution in [3.05, 3.63) is 109 Å². The van der Waals surface area contributed by atoms with E-state index in [1.54, 1.807) is 18.4 Å². The topological polar surface area (TPSA) is 65.7 Å². The van der Waals surface area contributed by atoms with Crippen LogP contribution in [0.3, 0.4) is 0 Å². The summed E-state index contributed by atoms with van der Waals surface area (Å²) in [6.45, 7) is 3.23. The first-order valence-corrected chi connectivity index (χ1v) is 13.5. The lowest BCUT2D eigenvalue weighted by atomic mass is 10.1. The molecule has 1 aliphatic rings. The summed E-state index contributed by atoms with van der Waals surface area (Å²) in [6.07, 6.45) is 1.97. The Morgan fingerprint density at radius 2 is 1.60 bits per heavy atom. The number of amides is 1. The first-order chi connectivity index (χ1) is 19.7. The molecule has 1 saturated heterocycles. The van der Waals surface area contributed by atoms with Gasteiger partial charge in [-0.15, -0.1) is 0 Å². The second-order valence-electron chi connectivity index (χ2n) is 9.82. The van der Waals surface area contributed by atoms with Gasteiger partial charge >= 0.3 is 0 Å². The van der Waals surface area contributed by atoms with E-state index in [0.29, 0.717) is 57.2 Å². The number of furan rings is 1. The highest BCUT2D eigenvalue weighted by Gasteiger charge is 2.24. The normalized spacial score (nSPS) is 13.5. The van der Waals surface area contributed by atoms with Gasteiger partial charge in [-0.05, 0) is 36.4 Å². The van der Waals surface area contributed by atoms with Gasteiger partial charge in [0.1, 0.15) is 17.4 Å². The number of benzene rings is 3. The van der Waals surface area contributed by atoms with E-state index < -0.39 is 0 Å². The molecule has 1 amide bonds. The van der Waals surface area contributed by atoms with Gasteiger partial charge in [0.15, 0.2) is 5.82 Å². The third kappa shape index (κ3) is 5.52. The van der Waals surface area contributed by atoms with Crippen LogP contribution in [0.2, 0.25) is 0 Å². The Balaban J connectivity index is 1.23. The molecule has 40 heavy (non-hydrogen) atoms. The molecule has 1 fully saturated rings. The number of fused-ring (bicyclic) bond motifs is 1. The van der Waals surface area contributed by atoms with Crippen molar-refractivity contribution >= 4 is 28.3 Å². The summed E-state index contributed by atoms with van der Waals surface area (Å²) in [5.74, 6) is 2.02. The van der Waals surface area contributed by atoms with Gasteiger partial charge in [0, 0.05) is 50.1 Å². The Hall–Kier alpha value is -4.72. The van der Waals surface area contributed by atoms with E-state index in [1.807, 2.05) is 82.6 Å². The summed E-state index contributed by atoms with van der Waals surface area (Å²) < 4.78 is 19.9. The molecule has 0 aliphatic carbocycles. The second-order valence-corrected chi connectivity index (χ2v) is 9.82. The molecular formula is C32H30FN5O2. The van der Waals surface area contributed by atoms with E-state index in [2.05, 4.69) is 4.90 Å². The maximum Gasteiger partial charge on any atom is 0.224 e. The predicted molar refractivity (Wildman–Crippen MR) is 155 cm³/mol. The highest BCUT2D eigenvalue weighted by Crippen LogP contribution is 2.29. The second kappa shape index (κ2) is 11.6. The van der Waals surface area contributed by atoms with Gasteiger partial charge in [-0.2, -0.15) is 0 Å². The molecule has 0 radical (unpaired) electrons. The van der Waals surface area contributed by atoms with E-state index >= 15 is 0 Å². The average molecular weight is 536 g/mol. The first kappa shape index (κ1) is 25.6. The van der Waals surface area contributed by atoms with E-state index in [4.69, 9.17) is 14.4 Å². The SMILES string of the molecule is O=C(CCN(Cc1ccco1)c1nc(-c2ccccc2)nc2ccccc12)N1CCN(c2ccccc2F)CC1. The lowest BCUT2D eigenvalue weighted by molar-refractivity contribution is -0.131. The van der Waals surface area contributed by atoms with Gasteiger partial charge in [0.2, 0.25) is 5.91 Å². The standard InChI is InChI=1S/C32H30FN5O2/c33-27-13-5-7-15-29(27)36-18-20-37(21-19-36)30(39)16-17-38(23-25-11-8-22-40-25)32-26-12-4-6-14-28(26)34-31(35-32)24-9-2-1-3-10-24/h1-15,22H,16-21,23H2. The van der Waals surface area contributed by atoms with E-state index in [0.717, 1.165) is 28.0 Å². The van der Waals surface area contributed by atoms with Crippen LogP contribution in [0.1, 0.15) is 12.2 Å². The maximum absolute atomic E-state index is 14.3. The van der Waals surface area contributed by atoms with Gasteiger partial charge in [0.05, 0.1) is 24.0 Å². The van der Waals surface area contributed by atoms with Crippen molar-refractivity contribution in [1.82, 2.24) is 14.9 Å². The van der Waals surface area contributed by atoms with Crippen molar-refractivity contribution in [3.63, 3.8) is 0 Å². The summed E-state index contributed by atoms with van der Waals surface area (Å²) in [7, 11) is 0. The summed E-state index contributed by atoms with van der Waals surface area (Å²) in [4.78, 5) is 29.1. The van der Waals surface area contributed by atoms with Crippen LogP contribution in [-0.4, -0.2) is 53.5 Å². The number of para-hydroxylation sites is 2. The van der Waals surface area contributed by atoms with E-state index in [9.17, 15) is 9.18 Å². The maximum atomic E-state index is 14.3. The molecule has 3 aromatic carbocycles. The molecule has 0 spiro atoms. The smallest absolute Gasteiger partial charge is 0.224 e. The Morgan fingerprint density at radius 1 is 0.850 bits per heavy atom. The highest BCUT2D eigenvalue weighted by molar-refractivity contribution is 5.91. The largest absolute Gasteiger partial charge is 0.467 e. The number of carbonyl (C=O) groups excluding carboxylic acids is 1. The van der Waals surface area contributed by atoms with Crippen LogP contribution in [-0.2, 0) is 11.3 Å². The zero-order chi connectivity index (χ0) is 27.3. The molecular weight excluding hydrogens is 505 g/mol. The Kier molecular flexibility index (Phi) is 7.39. The molecule has 5 aromatic rings. The van der Waals surface area contributed by atoms with Crippen molar-refractivity contribution in [1.29, 1.82) is 0 Å². The van der Waals surface area contributed by atoms with E-state index in [1.165, 1.54) is 6.07 Å². The molecule has 2 aromatic heterocycles. The van der Waals surface area contributed by atoms with E-state index in [-0.39, 0.29) is 11.7 Å². The van der Waals surface area contributed by atoms with Crippen LogP contribution >= 0.6 is 0 Å². The molecule has 8 heteroatoms. The zero-order valence-electron chi connectivity index (χ0n) is 22.1. The van der Waals surface area contributed by atoms with Gasteiger partial charge in [-0.25, -0.2) is 14.4 Å². The number of hydrogen-bond donors (Lipinski definition) is 0. The van der Waals surface area contributed by atoms with Crippen molar-refractivity contribution in [2.24, 2.45) is 0 Å². The number of nitrogens with zero attached hydrogens (tertiary/aromatic N) is 5. The van der Waals surface area contributed by atoms with Gasteiger partial charge < -0.3 is 19.1 Å². The number of rotatable bonds is 8. The predicted octanol–water partition coefficient (Wildman–Crippen LogP) is 5.77. The van der Waals surface area contributed by atoms with Crippen molar-refractivity contribution in [3.8, 4) is 11.4 Å². The Morgan fingerprint density at radius 3 is 2.38 bits per heavy atom. The van der Waals surface area contributed by atoms with Crippen LogP contribution in [0, 0.1) is 5.82 Å². The molecule has 202 valence electrons. The van der Waals surface area contributed by atoms with Crippen LogP contribution < -0.4 is 9.80 Å². The quantitative estimate of drug-likeness (QED) is 0.251. The molecule has 0 N–H and O–H groups in total. The van der Waals surface area contributed by atoms with Crippen molar-refractivity contribution in [2.75, 3.05) is 42.5 Å². The van der Waals surface area contributed by atoms with Gasteiger partial charge in [0.25, 0.3) is 0 Å². The third-order valence-corrected chi connectivity index (χ3v) is 7.26. The minimum absolute atomic E-state index is 0.0688. The molecule has 1 aliphatic heterocycles. The number of halogens is 1. The number of carbonyl (C=O) groups is 1. The fourth-order valence-electron chi connectivity index (χ4n) is 5.16. The number of hydrogen-bond acceptors (Lipinski definition) is 6. The summed E-state index contributed by atoms with van der Waals surface area (Å²) >= 11 is 0. The lowest BCUT2D eigenvalue weighted by Crippen LogP contribution is -2.49. The number of aromatic nitrogens is 2. The molecule has 0 bridgehead atoms. The van der Waals surface area contributed by atoms with Gasteiger partial charge in [-0.3, -0.25) is 4.79 Å². The average Bonchev–Trinajstić information content (AvgIpc) is 3.53. The molecule has 0 saturated carbocycles. The number of piperazine rings is 1. The monoisotopic (exact) mass is 535 g/mol. The van der Waals surface area contributed by atoms with Crippen molar-refractivity contribution < 1.29 is 13.6 Å². The lowest BCUT2D eigenvalue weighted by Gasteiger charge is -2.36. The fourth-order valence-corrected chi connectivity index (χ4v) is 5.16. The molecule has 6 rings (SSSR count). The summed E-state index contributed by atoms with van der Waals surface area (Å²) in [6, 6.07) is 28.4. The molecule has 0 unspecified atom stereocenters. The molecule has 7 nitrogen and oxygen atoms in total. The minimum Gasteiger partial charge on any atom is -0.467 e. The first-order valence-electron chi connectivity index (χ1n) is 13.5. The van der Waals surface area contributed by atoms with Crippen LogP contribution in [0.15, 0.2) is 102 Å². The zero-order valence-corrected chi connectivity index (χ0v) is 22.1. The Labute approximate surface area is 232 Å². The fraction of sp³-hybridized carbons (Fsp3) is 0.219. The highest BCUT2D eigenvalue weighted by atomic mass is 19.1.